The van der Waals surface area contributed by atoms with Crippen LogP contribution in [0.4, 0.5) is 5.69 Å². The van der Waals surface area contributed by atoms with E-state index in [1.54, 1.807) is 0 Å². The molecule has 1 amide bonds. The molecule has 2 rings (SSSR count). The lowest BCUT2D eigenvalue weighted by molar-refractivity contribution is -0.115. The van der Waals surface area contributed by atoms with Crippen molar-refractivity contribution in [3.8, 4) is 0 Å². The van der Waals surface area contributed by atoms with Gasteiger partial charge in [0, 0.05) is 10.9 Å². The number of aryl methyl sites for hydroxylation is 2. The zero-order valence-electron chi connectivity index (χ0n) is 13.4. The Morgan fingerprint density at radius 1 is 1.24 bits per heavy atom. The van der Waals surface area contributed by atoms with Crippen LogP contribution in [-0.4, -0.2) is 16.4 Å². The van der Waals surface area contributed by atoms with Crippen molar-refractivity contribution in [2.75, 3.05) is 5.32 Å². The Morgan fingerprint density at radius 3 is 2.57 bits per heavy atom. The minimum absolute atomic E-state index is 0.0784. The van der Waals surface area contributed by atoms with Crippen LogP contribution in [0, 0.1) is 13.8 Å². The van der Waals surface area contributed by atoms with Gasteiger partial charge in [-0.1, -0.05) is 32.3 Å². The second-order valence-electron chi connectivity index (χ2n) is 6.08. The molecule has 1 fully saturated rings. The number of carbonyl (C=O) groups excluding carboxylic acids is 1. The largest absolute Gasteiger partial charge is 0.325 e. The van der Waals surface area contributed by atoms with Gasteiger partial charge in [-0.05, 0) is 56.4 Å². The minimum Gasteiger partial charge on any atom is -0.325 e. The van der Waals surface area contributed by atoms with E-state index < -0.39 is 0 Å². The number of thioether (sulfide) groups is 1. The van der Waals surface area contributed by atoms with Crippen LogP contribution in [0.3, 0.4) is 0 Å². The summed E-state index contributed by atoms with van der Waals surface area (Å²) < 4.78 is 0. The fraction of sp³-hybridized carbons (Fsp3) is 0.611. The highest BCUT2D eigenvalue weighted by molar-refractivity contribution is 8.01. The van der Waals surface area contributed by atoms with Crippen molar-refractivity contribution in [3.63, 3.8) is 0 Å². The van der Waals surface area contributed by atoms with E-state index in [2.05, 4.69) is 38.2 Å². The number of hydrogen-bond donors (Lipinski definition) is 1. The number of amides is 1. The van der Waals surface area contributed by atoms with Crippen LogP contribution in [0.25, 0.3) is 0 Å². The fourth-order valence-electron chi connectivity index (χ4n) is 2.82. The molecule has 0 saturated heterocycles. The zero-order valence-corrected chi connectivity index (χ0v) is 14.3. The summed E-state index contributed by atoms with van der Waals surface area (Å²) in [5.41, 5.74) is 3.41. The van der Waals surface area contributed by atoms with E-state index >= 15 is 0 Å². The van der Waals surface area contributed by atoms with Crippen LogP contribution < -0.4 is 5.32 Å². The van der Waals surface area contributed by atoms with Crippen molar-refractivity contribution in [2.24, 2.45) is 0 Å². The second kappa shape index (κ2) is 7.88. The second-order valence-corrected chi connectivity index (χ2v) is 7.59. The summed E-state index contributed by atoms with van der Waals surface area (Å²) in [5.74, 6) is 0.163. The standard InChI is InChI=1S/C18H27NOS/c1-4-17(21-16-8-6-5-7-9-16)18(20)19-15-11-10-13(2)14(3)12-15/h10-12,16-17H,4-9H2,1-3H3,(H,19,20). The Balaban J connectivity index is 1.94. The molecule has 0 aliphatic heterocycles. The van der Waals surface area contributed by atoms with Gasteiger partial charge in [0.2, 0.25) is 5.91 Å². The molecule has 1 aromatic carbocycles. The van der Waals surface area contributed by atoms with Gasteiger partial charge in [0.1, 0.15) is 0 Å². The highest BCUT2D eigenvalue weighted by Crippen LogP contribution is 2.32. The molecule has 0 radical (unpaired) electrons. The molecular formula is C18H27NOS. The third kappa shape index (κ3) is 4.77. The van der Waals surface area contributed by atoms with Crippen molar-refractivity contribution in [2.45, 2.75) is 69.8 Å². The highest BCUT2D eigenvalue weighted by Gasteiger charge is 2.23. The van der Waals surface area contributed by atoms with Crippen LogP contribution in [0.5, 0.6) is 0 Å². The molecule has 1 aliphatic carbocycles. The maximum absolute atomic E-state index is 12.5. The van der Waals surface area contributed by atoms with Gasteiger partial charge in [-0.25, -0.2) is 0 Å². The van der Waals surface area contributed by atoms with E-state index in [9.17, 15) is 4.79 Å². The Labute approximate surface area is 133 Å². The average Bonchev–Trinajstić information content (AvgIpc) is 2.49. The lowest BCUT2D eigenvalue weighted by Crippen LogP contribution is -2.27. The molecule has 1 atom stereocenters. The highest BCUT2D eigenvalue weighted by atomic mass is 32.2. The predicted octanol–water partition coefficient (Wildman–Crippen LogP) is 5.09. The van der Waals surface area contributed by atoms with Crippen LogP contribution in [0.15, 0.2) is 18.2 Å². The van der Waals surface area contributed by atoms with Gasteiger partial charge >= 0.3 is 0 Å². The van der Waals surface area contributed by atoms with Crippen molar-refractivity contribution in [1.82, 2.24) is 0 Å². The number of anilines is 1. The van der Waals surface area contributed by atoms with Crippen molar-refractivity contribution in [3.05, 3.63) is 29.3 Å². The van der Waals surface area contributed by atoms with Gasteiger partial charge in [0.25, 0.3) is 0 Å². The molecule has 116 valence electrons. The number of benzene rings is 1. The molecular weight excluding hydrogens is 278 g/mol. The molecule has 1 saturated carbocycles. The molecule has 1 N–H and O–H groups in total. The summed E-state index contributed by atoms with van der Waals surface area (Å²) in [6.07, 6.45) is 7.47. The summed E-state index contributed by atoms with van der Waals surface area (Å²) in [4.78, 5) is 12.5. The summed E-state index contributed by atoms with van der Waals surface area (Å²) in [7, 11) is 0. The van der Waals surface area contributed by atoms with Crippen molar-refractivity contribution >= 4 is 23.4 Å². The van der Waals surface area contributed by atoms with Crippen LogP contribution in [0.1, 0.15) is 56.6 Å². The van der Waals surface area contributed by atoms with Crippen molar-refractivity contribution in [1.29, 1.82) is 0 Å². The van der Waals surface area contributed by atoms with Crippen molar-refractivity contribution < 1.29 is 4.79 Å². The number of hydrogen-bond acceptors (Lipinski definition) is 2. The first-order valence-electron chi connectivity index (χ1n) is 8.13. The Bertz CT molecular complexity index is 480. The first kappa shape index (κ1) is 16.4. The molecule has 1 unspecified atom stereocenters. The quantitative estimate of drug-likeness (QED) is 0.821. The molecule has 21 heavy (non-hydrogen) atoms. The first-order valence-corrected chi connectivity index (χ1v) is 9.08. The van der Waals surface area contributed by atoms with E-state index in [0.717, 1.165) is 12.1 Å². The molecule has 0 spiro atoms. The maximum atomic E-state index is 12.5. The van der Waals surface area contributed by atoms with Crippen LogP contribution >= 0.6 is 11.8 Å². The molecule has 0 heterocycles. The Morgan fingerprint density at radius 2 is 1.95 bits per heavy atom. The number of nitrogens with one attached hydrogen (secondary N) is 1. The number of rotatable bonds is 5. The lowest BCUT2D eigenvalue weighted by Gasteiger charge is -2.25. The summed E-state index contributed by atoms with van der Waals surface area (Å²) in [6.45, 7) is 6.29. The Hall–Kier alpha value is -0.960. The molecule has 2 nitrogen and oxygen atoms in total. The summed E-state index contributed by atoms with van der Waals surface area (Å²) in [6, 6.07) is 6.13. The molecule has 1 aromatic rings. The van der Waals surface area contributed by atoms with Gasteiger partial charge in [0.15, 0.2) is 0 Å². The van der Waals surface area contributed by atoms with Gasteiger partial charge in [-0.15, -0.1) is 11.8 Å². The van der Waals surface area contributed by atoms with E-state index in [0.29, 0.717) is 5.25 Å². The fourth-order valence-corrected chi connectivity index (χ4v) is 4.26. The minimum atomic E-state index is 0.0784. The monoisotopic (exact) mass is 305 g/mol. The molecule has 3 heteroatoms. The lowest BCUT2D eigenvalue weighted by atomic mass is 10.0. The van der Waals surface area contributed by atoms with E-state index in [-0.39, 0.29) is 11.2 Å². The smallest absolute Gasteiger partial charge is 0.237 e. The normalized spacial score (nSPS) is 17.5. The van der Waals surface area contributed by atoms with Crippen LogP contribution in [0.2, 0.25) is 0 Å². The third-order valence-electron chi connectivity index (χ3n) is 4.35. The molecule has 1 aliphatic rings. The predicted molar refractivity (Wildman–Crippen MR) is 93.1 cm³/mol. The molecule has 0 aromatic heterocycles. The first-order chi connectivity index (χ1) is 10.1. The van der Waals surface area contributed by atoms with E-state index in [1.165, 1.54) is 43.2 Å². The van der Waals surface area contributed by atoms with E-state index in [4.69, 9.17) is 0 Å². The third-order valence-corrected chi connectivity index (χ3v) is 6.08. The number of carbonyl (C=O) groups is 1. The van der Waals surface area contributed by atoms with E-state index in [1.807, 2.05) is 17.8 Å². The topological polar surface area (TPSA) is 29.1 Å². The maximum Gasteiger partial charge on any atom is 0.237 e. The SMILES string of the molecule is CCC(SC1CCCCC1)C(=O)Nc1ccc(C)c(C)c1. The summed E-state index contributed by atoms with van der Waals surface area (Å²) in [5, 5.41) is 3.84. The summed E-state index contributed by atoms with van der Waals surface area (Å²) >= 11 is 1.89. The van der Waals surface area contributed by atoms with Crippen LogP contribution in [-0.2, 0) is 4.79 Å². The van der Waals surface area contributed by atoms with Gasteiger partial charge in [-0.2, -0.15) is 0 Å². The van der Waals surface area contributed by atoms with Gasteiger partial charge in [0.05, 0.1) is 5.25 Å². The Kier molecular flexibility index (Phi) is 6.16. The van der Waals surface area contributed by atoms with Gasteiger partial charge < -0.3 is 5.32 Å². The molecule has 0 bridgehead atoms. The average molecular weight is 305 g/mol. The van der Waals surface area contributed by atoms with Gasteiger partial charge in [-0.3, -0.25) is 4.79 Å². The zero-order chi connectivity index (χ0) is 15.2.